The summed E-state index contributed by atoms with van der Waals surface area (Å²) in [5.41, 5.74) is 0. The monoisotopic (exact) mass is 274 g/mol. The van der Waals surface area contributed by atoms with Gasteiger partial charge in [-0.3, -0.25) is 0 Å². The smallest absolute Gasteiger partial charge is 0.154 e. The van der Waals surface area contributed by atoms with E-state index in [1.807, 2.05) is 0 Å². The highest BCUT2D eigenvalue weighted by Crippen LogP contribution is 2.21. The molecular weight excluding hydrogens is 248 g/mol. The van der Waals surface area contributed by atoms with Crippen molar-refractivity contribution in [1.82, 2.24) is 10.2 Å². The molecule has 0 aromatic rings. The Bertz CT molecular complexity index is 357. The third-order valence-electron chi connectivity index (χ3n) is 4.25. The Kier molecular flexibility index (Phi) is 4.67. The Balaban J connectivity index is 1.91. The van der Waals surface area contributed by atoms with Crippen molar-refractivity contribution in [2.75, 3.05) is 25.4 Å². The molecule has 4 nitrogen and oxygen atoms in total. The van der Waals surface area contributed by atoms with Crippen LogP contribution in [0.25, 0.3) is 0 Å². The zero-order valence-corrected chi connectivity index (χ0v) is 12.4. The van der Waals surface area contributed by atoms with Crippen molar-refractivity contribution in [3.05, 3.63) is 0 Å². The standard InChI is InChI=1S/C13H26N2O2S/c1-11-5-7-15(8-6-12(2)14-11)10-13-4-3-9-18(13,16)17/h11-14H,3-10H2,1-2H3. The van der Waals surface area contributed by atoms with E-state index in [1.54, 1.807) is 0 Å². The fourth-order valence-corrected chi connectivity index (χ4v) is 4.92. The van der Waals surface area contributed by atoms with E-state index in [2.05, 4.69) is 24.1 Å². The fourth-order valence-electron chi connectivity index (χ4n) is 3.05. The quantitative estimate of drug-likeness (QED) is 0.817. The molecule has 18 heavy (non-hydrogen) atoms. The summed E-state index contributed by atoms with van der Waals surface area (Å²) in [7, 11) is -2.79. The van der Waals surface area contributed by atoms with Crippen LogP contribution in [-0.2, 0) is 9.84 Å². The van der Waals surface area contributed by atoms with Crippen molar-refractivity contribution in [1.29, 1.82) is 0 Å². The largest absolute Gasteiger partial charge is 0.312 e. The van der Waals surface area contributed by atoms with Crippen LogP contribution in [0.15, 0.2) is 0 Å². The van der Waals surface area contributed by atoms with Crippen molar-refractivity contribution in [2.24, 2.45) is 0 Å². The summed E-state index contributed by atoms with van der Waals surface area (Å²) in [6.45, 7) is 7.22. The van der Waals surface area contributed by atoms with Crippen molar-refractivity contribution >= 4 is 9.84 Å². The highest BCUT2D eigenvalue weighted by Gasteiger charge is 2.32. The lowest BCUT2D eigenvalue weighted by molar-refractivity contribution is 0.217. The van der Waals surface area contributed by atoms with Gasteiger partial charge in [-0.1, -0.05) is 0 Å². The van der Waals surface area contributed by atoms with E-state index < -0.39 is 9.84 Å². The van der Waals surface area contributed by atoms with E-state index in [1.165, 1.54) is 0 Å². The molecule has 5 heteroatoms. The first-order valence-corrected chi connectivity index (χ1v) is 8.89. The molecule has 3 atom stereocenters. The van der Waals surface area contributed by atoms with E-state index >= 15 is 0 Å². The zero-order chi connectivity index (χ0) is 13.2. The molecule has 2 aliphatic heterocycles. The first-order chi connectivity index (χ1) is 8.47. The molecule has 0 aromatic carbocycles. The van der Waals surface area contributed by atoms with E-state index in [4.69, 9.17) is 0 Å². The van der Waals surface area contributed by atoms with Crippen molar-refractivity contribution in [2.45, 2.75) is 56.9 Å². The third kappa shape index (κ3) is 3.68. The Morgan fingerprint density at radius 3 is 2.22 bits per heavy atom. The second-order valence-electron chi connectivity index (χ2n) is 5.98. The lowest BCUT2D eigenvalue weighted by Gasteiger charge is -2.32. The highest BCUT2D eigenvalue weighted by molar-refractivity contribution is 7.92. The van der Waals surface area contributed by atoms with Crippen LogP contribution in [0.1, 0.15) is 39.5 Å². The van der Waals surface area contributed by atoms with Gasteiger partial charge >= 0.3 is 0 Å². The maximum Gasteiger partial charge on any atom is 0.154 e. The van der Waals surface area contributed by atoms with Gasteiger partial charge in [0, 0.05) is 18.6 Å². The molecule has 2 saturated heterocycles. The van der Waals surface area contributed by atoms with E-state index in [-0.39, 0.29) is 5.25 Å². The minimum atomic E-state index is -2.79. The molecule has 2 fully saturated rings. The molecule has 0 saturated carbocycles. The van der Waals surface area contributed by atoms with Gasteiger partial charge in [-0.2, -0.15) is 0 Å². The molecule has 0 radical (unpaired) electrons. The summed E-state index contributed by atoms with van der Waals surface area (Å²) >= 11 is 0. The molecule has 2 aliphatic rings. The predicted octanol–water partition coefficient (Wildman–Crippen LogP) is 1.03. The second kappa shape index (κ2) is 5.88. The molecule has 3 unspecified atom stereocenters. The highest BCUT2D eigenvalue weighted by atomic mass is 32.2. The van der Waals surface area contributed by atoms with Crippen LogP contribution in [0.2, 0.25) is 0 Å². The molecule has 1 N–H and O–H groups in total. The molecule has 0 aliphatic carbocycles. The lowest BCUT2D eigenvalue weighted by Crippen LogP contribution is -2.45. The maximum atomic E-state index is 11.9. The van der Waals surface area contributed by atoms with Gasteiger partial charge in [0.2, 0.25) is 0 Å². The normalized spacial score (nSPS) is 38.2. The van der Waals surface area contributed by atoms with Crippen molar-refractivity contribution < 1.29 is 8.42 Å². The van der Waals surface area contributed by atoms with E-state index in [9.17, 15) is 8.42 Å². The summed E-state index contributed by atoms with van der Waals surface area (Å²) in [4.78, 5) is 2.36. The molecule has 0 spiro atoms. The molecular formula is C13H26N2O2S. The predicted molar refractivity (Wildman–Crippen MR) is 74.5 cm³/mol. The number of hydrogen-bond donors (Lipinski definition) is 1. The minimum absolute atomic E-state index is 0.101. The zero-order valence-electron chi connectivity index (χ0n) is 11.6. The van der Waals surface area contributed by atoms with Crippen LogP contribution < -0.4 is 5.32 Å². The topological polar surface area (TPSA) is 49.4 Å². The minimum Gasteiger partial charge on any atom is -0.312 e. The maximum absolute atomic E-state index is 11.9. The average molecular weight is 274 g/mol. The number of sulfone groups is 1. The second-order valence-corrected chi connectivity index (χ2v) is 8.38. The molecule has 2 rings (SSSR count). The van der Waals surface area contributed by atoms with Gasteiger partial charge in [0.25, 0.3) is 0 Å². The van der Waals surface area contributed by atoms with Crippen LogP contribution >= 0.6 is 0 Å². The summed E-state index contributed by atoms with van der Waals surface area (Å²) in [6.07, 6.45) is 3.94. The van der Waals surface area contributed by atoms with Crippen LogP contribution in [0.4, 0.5) is 0 Å². The van der Waals surface area contributed by atoms with Crippen LogP contribution in [-0.4, -0.2) is 56.0 Å². The summed E-state index contributed by atoms with van der Waals surface area (Å²) in [5.74, 6) is 0.403. The first kappa shape index (κ1) is 14.3. The molecule has 0 amide bonds. The van der Waals surface area contributed by atoms with Gasteiger partial charge < -0.3 is 10.2 Å². The van der Waals surface area contributed by atoms with Gasteiger partial charge in [0.15, 0.2) is 9.84 Å². The Hall–Kier alpha value is -0.130. The molecule has 106 valence electrons. The Morgan fingerprint density at radius 2 is 1.72 bits per heavy atom. The van der Waals surface area contributed by atoms with Crippen LogP contribution in [0.5, 0.6) is 0 Å². The number of hydrogen-bond acceptors (Lipinski definition) is 4. The van der Waals surface area contributed by atoms with Gasteiger partial charge in [0.1, 0.15) is 0 Å². The Morgan fingerprint density at radius 1 is 1.11 bits per heavy atom. The summed E-state index contributed by atoms with van der Waals surface area (Å²) in [5, 5.41) is 3.47. The van der Waals surface area contributed by atoms with Gasteiger partial charge in [-0.05, 0) is 52.6 Å². The number of rotatable bonds is 2. The molecule has 0 bridgehead atoms. The van der Waals surface area contributed by atoms with Crippen molar-refractivity contribution in [3.63, 3.8) is 0 Å². The Labute approximate surface area is 111 Å². The average Bonchev–Trinajstić information content (AvgIpc) is 2.60. The lowest BCUT2D eigenvalue weighted by atomic mass is 10.1. The van der Waals surface area contributed by atoms with E-state index in [0.717, 1.165) is 45.3 Å². The number of nitrogens with one attached hydrogen (secondary N) is 1. The van der Waals surface area contributed by atoms with Crippen LogP contribution in [0, 0.1) is 0 Å². The SMILES string of the molecule is CC1CCN(CC2CCCS2(=O)=O)CCC(C)N1. The third-order valence-corrected chi connectivity index (χ3v) is 6.51. The fraction of sp³-hybridized carbons (Fsp3) is 1.00. The van der Waals surface area contributed by atoms with E-state index in [0.29, 0.717) is 17.8 Å². The van der Waals surface area contributed by atoms with Gasteiger partial charge in [-0.25, -0.2) is 8.42 Å². The summed E-state index contributed by atoms with van der Waals surface area (Å²) in [6, 6.07) is 1.06. The van der Waals surface area contributed by atoms with Gasteiger partial charge in [0.05, 0.1) is 11.0 Å². The van der Waals surface area contributed by atoms with Gasteiger partial charge in [-0.15, -0.1) is 0 Å². The first-order valence-electron chi connectivity index (χ1n) is 7.17. The molecule has 0 aromatic heterocycles. The van der Waals surface area contributed by atoms with Crippen LogP contribution in [0.3, 0.4) is 0 Å². The molecule has 2 heterocycles. The van der Waals surface area contributed by atoms with Crippen molar-refractivity contribution in [3.8, 4) is 0 Å². The number of nitrogens with zero attached hydrogens (tertiary/aromatic N) is 1. The summed E-state index contributed by atoms with van der Waals surface area (Å²) < 4.78 is 23.8.